The summed E-state index contributed by atoms with van der Waals surface area (Å²) in [5.41, 5.74) is 1.28. The van der Waals surface area contributed by atoms with E-state index in [-0.39, 0.29) is 0 Å². The van der Waals surface area contributed by atoms with Crippen LogP contribution < -0.4 is 10.1 Å². The second kappa shape index (κ2) is 7.25. The molecule has 0 unspecified atom stereocenters. The van der Waals surface area contributed by atoms with Gasteiger partial charge >= 0.3 is 0 Å². The van der Waals surface area contributed by atoms with Crippen molar-refractivity contribution in [3.05, 3.63) is 60.2 Å². The van der Waals surface area contributed by atoms with Gasteiger partial charge in [0.25, 0.3) is 0 Å². The van der Waals surface area contributed by atoms with Crippen LogP contribution in [0.4, 0.5) is 0 Å². The molecule has 21 heavy (non-hydrogen) atoms. The van der Waals surface area contributed by atoms with Crippen LogP contribution in [0.5, 0.6) is 11.5 Å². The lowest BCUT2D eigenvalue weighted by Gasteiger charge is -2.09. The summed E-state index contributed by atoms with van der Waals surface area (Å²) in [4.78, 5) is 0. The minimum Gasteiger partial charge on any atom is -0.457 e. The summed E-state index contributed by atoms with van der Waals surface area (Å²) in [6.45, 7) is 2.94. The molecule has 2 aromatic rings. The molecule has 1 atom stereocenters. The number of hydrogen-bond donors (Lipinski definition) is 1. The smallest absolute Gasteiger partial charge is 0.127 e. The van der Waals surface area contributed by atoms with E-state index in [1.54, 1.807) is 0 Å². The Morgan fingerprint density at radius 2 is 1.90 bits per heavy atom. The average Bonchev–Trinajstić information content (AvgIpc) is 3.02. The molecule has 0 aliphatic carbocycles. The number of hydrogen-bond acceptors (Lipinski definition) is 2. The van der Waals surface area contributed by atoms with E-state index in [2.05, 4.69) is 17.4 Å². The normalized spacial score (nSPS) is 17.8. The Balaban J connectivity index is 1.53. The first-order chi connectivity index (χ1) is 10.4. The van der Waals surface area contributed by atoms with Crippen LogP contribution in [0.3, 0.4) is 0 Å². The maximum absolute atomic E-state index is 5.86. The molecule has 3 nitrogen and oxygen atoms in total. The standard InChI is InChI=1S/C18H21NO2/c1-2-7-16(8-3-1)21-17-9-4-6-15(12-17)13-19-14-18-10-5-11-20-18/h1-4,6-9,12,18-19H,5,10-11,13-14H2/p+1/t18-/m1/s1. The molecule has 1 fully saturated rings. The summed E-state index contributed by atoms with van der Waals surface area (Å²) in [5, 5.41) is 2.32. The monoisotopic (exact) mass is 284 g/mol. The molecule has 1 heterocycles. The Morgan fingerprint density at radius 3 is 2.71 bits per heavy atom. The molecular weight excluding hydrogens is 262 g/mol. The summed E-state index contributed by atoms with van der Waals surface area (Å²) < 4.78 is 11.5. The van der Waals surface area contributed by atoms with Gasteiger partial charge in [-0.2, -0.15) is 0 Å². The van der Waals surface area contributed by atoms with E-state index in [1.165, 1.54) is 18.4 Å². The molecule has 0 amide bonds. The maximum atomic E-state index is 5.86. The molecule has 0 aromatic heterocycles. The third-order valence-electron chi connectivity index (χ3n) is 3.71. The lowest BCUT2D eigenvalue weighted by Crippen LogP contribution is -2.84. The zero-order chi connectivity index (χ0) is 14.3. The van der Waals surface area contributed by atoms with Gasteiger partial charge in [-0.3, -0.25) is 0 Å². The van der Waals surface area contributed by atoms with Gasteiger partial charge < -0.3 is 14.8 Å². The fourth-order valence-corrected chi connectivity index (χ4v) is 2.63. The first kappa shape index (κ1) is 14.1. The zero-order valence-corrected chi connectivity index (χ0v) is 12.2. The lowest BCUT2D eigenvalue weighted by molar-refractivity contribution is -0.676. The van der Waals surface area contributed by atoms with Crippen LogP contribution in [-0.4, -0.2) is 19.3 Å². The molecule has 110 valence electrons. The minimum atomic E-state index is 0.439. The van der Waals surface area contributed by atoms with Crippen LogP contribution >= 0.6 is 0 Å². The fourth-order valence-electron chi connectivity index (χ4n) is 2.63. The van der Waals surface area contributed by atoms with E-state index >= 15 is 0 Å². The van der Waals surface area contributed by atoms with Crippen LogP contribution in [0, 0.1) is 0 Å². The van der Waals surface area contributed by atoms with Crippen molar-refractivity contribution in [3.8, 4) is 11.5 Å². The third-order valence-corrected chi connectivity index (χ3v) is 3.71. The number of nitrogens with two attached hydrogens (primary N) is 1. The predicted octanol–water partition coefficient (Wildman–Crippen LogP) is 2.72. The number of rotatable bonds is 6. The molecule has 0 radical (unpaired) electrons. The summed E-state index contributed by atoms with van der Waals surface area (Å²) >= 11 is 0. The second-order valence-corrected chi connectivity index (χ2v) is 5.43. The number of ether oxygens (including phenoxy) is 2. The van der Waals surface area contributed by atoms with Gasteiger partial charge in [0.05, 0.1) is 0 Å². The van der Waals surface area contributed by atoms with E-state index < -0.39 is 0 Å². The van der Waals surface area contributed by atoms with Crippen molar-refractivity contribution in [2.75, 3.05) is 13.2 Å². The van der Waals surface area contributed by atoms with Gasteiger partial charge in [-0.1, -0.05) is 30.3 Å². The number of para-hydroxylation sites is 1. The molecule has 3 rings (SSSR count). The highest BCUT2D eigenvalue weighted by molar-refractivity contribution is 5.33. The zero-order valence-electron chi connectivity index (χ0n) is 12.2. The van der Waals surface area contributed by atoms with Crippen molar-refractivity contribution in [3.63, 3.8) is 0 Å². The molecule has 0 spiro atoms. The molecule has 1 aliphatic heterocycles. The van der Waals surface area contributed by atoms with E-state index in [0.29, 0.717) is 6.10 Å². The average molecular weight is 284 g/mol. The van der Waals surface area contributed by atoms with Gasteiger partial charge in [0.15, 0.2) is 0 Å². The van der Waals surface area contributed by atoms with E-state index in [1.807, 2.05) is 42.5 Å². The van der Waals surface area contributed by atoms with Crippen molar-refractivity contribution in [2.45, 2.75) is 25.5 Å². The third kappa shape index (κ3) is 4.31. The van der Waals surface area contributed by atoms with Crippen LogP contribution in [0.15, 0.2) is 54.6 Å². The Hall–Kier alpha value is -1.84. The van der Waals surface area contributed by atoms with E-state index in [9.17, 15) is 0 Å². The Labute approximate surface area is 125 Å². The first-order valence-corrected chi connectivity index (χ1v) is 7.65. The molecule has 1 saturated heterocycles. The highest BCUT2D eigenvalue weighted by Gasteiger charge is 2.16. The number of quaternary nitrogens is 1. The molecular formula is C18H22NO2+. The van der Waals surface area contributed by atoms with Gasteiger partial charge in [-0.05, 0) is 37.1 Å². The van der Waals surface area contributed by atoms with Crippen LogP contribution in [0.25, 0.3) is 0 Å². The van der Waals surface area contributed by atoms with Crippen molar-refractivity contribution in [1.82, 2.24) is 0 Å². The summed E-state index contributed by atoms with van der Waals surface area (Å²) in [7, 11) is 0. The first-order valence-electron chi connectivity index (χ1n) is 7.65. The maximum Gasteiger partial charge on any atom is 0.127 e. The lowest BCUT2D eigenvalue weighted by atomic mass is 10.2. The van der Waals surface area contributed by atoms with Gasteiger partial charge in [-0.25, -0.2) is 0 Å². The highest BCUT2D eigenvalue weighted by atomic mass is 16.5. The quantitative estimate of drug-likeness (QED) is 0.885. The van der Waals surface area contributed by atoms with E-state index in [0.717, 1.165) is 31.2 Å². The SMILES string of the molecule is c1ccc(Oc2cccc(C[NH2+]C[C@H]3CCCO3)c2)cc1. The molecule has 0 bridgehead atoms. The van der Waals surface area contributed by atoms with Crippen molar-refractivity contribution in [1.29, 1.82) is 0 Å². The van der Waals surface area contributed by atoms with Crippen molar-refractivity contribution >= 4 is 0 Å². The molecule has 1 aliphatic rings. The largest absolute Gasteiger partial charge is 0.457 e. The van der Waals surface area contributed by atoms with Crippen LogP contribution in [-0.2, 0) is 11.3 Å². The van der Waals surface area contributed by atoms with Gasteiger partial charge in [-0.15, -0.1) is 0 Å². The van der Waals surface area contributed by atoms with Gasteiger partial charge in [0.2, 0.25) is 0 Å². The minimum absolute atomic E-state index is 0.439. The van der Waals surface area contributed by atoms with Crippen LogP contribution in [0.1, 0.15) is 18.4 Å². The molecule has 2 aromatic carbocycles. The highest BCUT2D eigenvalue weighted by Crippen LogP contribution is 2.21. The van der Waals surface area contributed by atoms with E-state index in [4.69, 9.17) is 9.47 Å². The topological polar surface area (TPSA) is 35.1 Å². The molecule has 3 heteroatoms. The predicted molar refractivity (Wildman–Crippen MR) is 82.4 cm³/mol. The Kier molecular flexibility index (Phi) is 4.87. The fraction of sp³-hybridized carbons (Fsp3) is 0.333. The Bertz CT molecular complexity index is 550. The van der Waals surface area contributed by atoms with Gasteiger partial charge in [0.1, 0.15) is 30.7 Å². The second-order valence-electron chi connectivity index (χ2n) is 5.43. The summed E-state index contributed by atoms with van der Waals surface area (Å²) in [6, 6.07) is 18.2. The molecule has 2 N–H and O–H groups in total. The Morgan fingerprint density at radius 1 is 1.05 bits per heavy atom. The molecule has 0 saturated carbocycles. The van der Waals surface area contributed by atoms with Gasteiger partial charge in [0, 0.05) is 12.2 Å². The number of benzene rings is 2. The van der Waals surface area contributed by atoms with Crippen molar-refractivity contribution < 1.29 is 14.8 Å². The summed E-state index contributed by atoms with van der Waals surface area (Å²) in [5.74, 6) is 1.77. The van der Waals surface area contributed by atoms with Crippen molar-refractivity contribution in [2.24, 2.45) is 0 Å². The van der Waals surface area contributed by atoms with Crippen LogP contribution in [0.2, 0.25) is 0 Å². The summed E-state index contributed by atoms with van der Waals surface area (Å²) in [6.07, 6.45) is 2.85.